The second kappa shape index (κ2) is 10.7. The number of alkyl halides is 3. The van der Waals surface area contributed by atoms with Crippen LogP contribution in [0.3, 0.4) is 0 Å². The highest BCUT2D eigenvalue weighted by Gasteiger charge is 2.36. The van der Waals surface area contributed by atoms with Crippen molar-refractivity contribution in [2.75, 3.05) is 5.32 Å². The Bertz CT molecular complexity index is 1820. The summed E-state index contributed by atoms with van der Waals surface area (Å²) in [7, 11) is 0. The van der Waals surface area contributed by atoms with Gasteiger partial charge in [-0.3, -0.25) is 14.4 Å². The van der Waals surface area contributed by atoms with E-state index >= 15 is 0 Å². The van der Waals surface area contributed by atoms with Crippen LogP contribution < -0.4 is 16.2 Å². The van der Waals surface area contributed by atoms with Gasteiger partial charge in [-0.15, -0.1) is 0 Å². The third-order valence-electron chi connectivity index (χ3n) is 6.82. The van der Waals surface area contributed by atoms with Crippen LogP contribution in [0.5, 0.6) is 0 Å². The van der Waals surface area contributed by atoms with Crippen molar-refractivity contribution >= 4 is 29.1 Å². The van der Waals surface area contributed by atoms with Crippen molar-refractivity contribution in [3.8, 4) is 11.1 Å². The van der Waals surface area contributed by atoms with E-state index in [0.29, 0.717) is 23.3 Å². The molecule has 2 amide bonds. The number of anilines is 1. The minimum absolute atomic E-state index is 0.0173. The van der Waals surface area contributed by atoms with Crippen molar-refractivity contribution in [3.63, 3.8) is 0 Å². The maximum atomic E-state index is 14.2. The van der Waals surface area contributed by atoms with E-state index in [2.05, 4.69) is 10.6 Å². The summed E-state index contributed by atoms with van der Waals surface area (Å²) in [5, 5.41) is 5.33. The van der Waals surface area contributed by atoms with E-state index in [4.69, 9.17) is 11.6 Å². The summed E-state index contributed by atoms with van der Waals surface area (Å²) in [5.74, 6) is -3.59. The first kappa shape index (κ1) is 29.0. The maximum Gasteiger partial charge on any atom is 0.416 e. The minimum Gasteiger partial charge on any atom is -0.341 e. The van der Waals surface area contributed by atoms with Crippen LogP contribution in [0.2, 0.25) is 5.02 Å². The Morgan fingerprint density at radius 2 is 1.69 bits per heavy atom. The SMILES string of the molecule is CC(C)n1cc(-c2cc(NC(=O)c3cc(F)cc(C(F)(F)F)c3)c3c(c2)C(=O)NC3c2cc(F)ccc2Cl)ccc1=O. The minimum atomic E-state index is -4.91. The van der Waals surface area contributed by atoms with Crippen molar-refractivity contribution in [3.05, 3.63) is 122 Å². The first-order chi connectivity index (χ1) is 19.7. The van der Waals surface area contributed by atoms with E-state index in [1.165, 1.54) is 34.9 Å². The summed E-state index contributed by atoms with van der Waals surface area (Å²) >= 11 is 6.33. The van der Waals surface area contributed by atoms with E-state index in [1.807, 2.05) is 0 Å². The van der Waals surface area contributed by atoms with Crippen LogP contribution in [0.1, 0.15) is 63.3 Å². The van der Waals surface area contributed by atoms with Gasteiger partial charge in [0.25, 0.3) is 17.4 Å². The average molecular weight is 602 g/mol. The fourth-order valence-corrected chi connectivity index (χ4v) is 5.06. The zero-order valence-electron chi connectivity index (χ0n) is 21.9. The number of hydrogen-bond acceptors (Lipinski definition) is 3. The number of carbonyl (C=O) groups excluding carboxylic acids is 2. The Labute approximate surface area is 240 Å². The molecule has 2 heterocycles. The molecule has 5 rings (SSSR count). The van der Waals surface area contributed by atoms with Gasteiger partial charge in [0, 0.05) is 51.3 Å². The number of amides is 2. The third-order valence-corrected chi connectivity index (χ3v) is 7.17. The van der Waals surface area contributed by atoms with Crippen molar-refractivity contribution < 1.29 is 31.5 Å². The molecular formula is C30H21ClF5N3O3. The van der Waals surface area contributed by atoms with Crippen molar-refractivity contribution in [2.24, 2.45) is 0 Å². The lowest BCUT2D eigenvalue weighted by Gasteiger charge is -2.19. The summed E-state index contributed by atoms with van der Waals surface area (Å²) in [6.45, 7) is 3.60. The number of rotatable bonds is 5. The first-order valence-electron chi connectivity index (χ1n) is 12.6. The number of nitrogens with one attached hydrogen (secondary N) is 2. The molecule has 6 nitrogen and oxygen atoms in total. The van der Waals surface area contributed by atoms with Crippen molar-refractivity contribution in [2.45, 2.75) is 32.1 Å². The number of pyridine rings is 1. The second-order valence-corrected chi connectivity index (χ2v) is 10.4. The van der Waals surface area contributed by atoms with E-state index in [9.17, 15) is 36.3 Å². The summed E-state index contributed by atoms with van der Waals surface area (Å²) in [6, 6.07) is 9.55. The van der Waals surface area contributed by atoms with Gasteiger partial charge in [-0.05, 0) is 79.6 Å². The molecule has 12 heteroatoms. The van der Waals surface area contributed by atoms with Gasteiger partial charge < -0.3 is 15.2 Å². The van der Waals surface area contributed by atoms with Gasteiger partial charge in [0.05, 0.1) is 11.6 Å². The zero-order chi connectivity index (χ0) is 30.5. The van der Waals surface area contributed by atoms with Crippen LogP contribution >= 0.6 is 11.6 Å². The molecule has 1 unspecified atom stereocenters. The fraction of sp³-hybridized carbons (Fsp3) is 0.167. The van der Waals surface area contributed by atoms with Crippen LogP contribution in [0.25, 0.3) is 11.1 Å². The van der Waals surface area contributed by atoms with Gasteiger partial charge in [0.2, 0.25) is 0 Å². The lowest BCUT2D eigenvalue weighted by Crippen LogP contribution is -2.21. The van der Waals surface area contributed by atoms with Crippen molar-refractivity contribution in [1.29, 1.82) is 0 Å². The monoisotopic (exact) mass is 601 g/mol. The standard InChI is InChI=1S/C30H21ClF5N3O3/c1-14(2)39-13-15(3-6-25(39)40)16-9-22-26(27(38-29(22)42)21-12-19(32)4-5-23(21)31)24(10-16)37-28(41)17-7-18(30(34,35)36)11-20(33)8-17/h3-14,27H,1-2H3,(H,37,41)(H,38,42). The molecule has 1 aliphatic rings. The van der Waals surface area contributed by atoms with E-state index in [1.54, 1.807) is 20.0 Å². The van der Waals surface area contributed by atoms with Crippen molar-refractivity contribution in [1.82, 2.24) is 9.88 Å². The number of hydrogen-bond donors (Lipinski definition) is 2. The normalized spacial score (nSPS) is 14.6. The number of carbonyl (C=O) groups is 2. The van der Waals surface area contributed by atoms with E-state index < -0.39 is 46.8 Å². The molecule has 42 heavy (non-hydrogen) atoms. The van der Waals surface area contributed by atoms with Gasteiger partial charge in [-0.2, -0.15) is 13.2 Å². The molecule has 1 atom stereocenters. The molecule has 0 bridgehead atoms. The predicted octanol–water partition coefficient (Wildman–Crippen LogP) is 7.13. The van der Waals surface area contributed by atoms with Crippen LogP contribution in [0.15, 0.2) is 71.7 Å². The lowest BCUT2D eigenvalue weighted by molar-refractivity contribution is -0.137. The molecule has 2 N–H and O–H groups in total. The Morgan fingerprint density at radius 3 is 2.38 bits per heavy atom. The molecule has 0 saturated heterocycles. The van der Waals surface area contributed by atoms with Crippen LogP contribution in [-0.2, 0) is 6.18 Å². The molecule has 1 aliphatic heterocycles. The number of benzene rings is 3. The van der Waals surface area contributed by atoms with Gasteiger partial charge in [-0.1, -0.05) is 11.6 Å². The molecular weight excluding hydrogens is 581 g/mol. The summed E-state index contributed by atoms with van der Waals surface area (Å²) < 4.78 is 69.7. The second-order valence-electron chi connectivity index (χ2n) is 9.99. The highest BCUT2D eigenvalue weighted by molar-refractivity contribution is 6.31. The van der Waals surface area contributed by atoms with Gasteiger partial charge in [0.1, 0.15) is 11.6 Å². The Balaban J connectivity index is 1.69. The molecule has 0 saturated carbocycles. The van der Waals surface area contributed by atoms with Crippen LogP contribution in [0.4, 0.5) is 27.6 Å². The van der Waals surface area contributed by atoms with E-state index in [-0.39, 0.29) is 45.1 Å². The quantitative estimate of drug-likeness (QED) is 0.239. The highest BCUT2D eigenvalue weighted by Crippen LogP contribution is 2.42. The third kappa shape index (κ3) is 5.52. The molecule has 4 aromatic rings. The van der Waals surface area contributed by atoms with Gasteiger partial charge in [-0.25, -0.2) is 8.78 Å². The predicted molar refractivity (Wildman–Crippen MR) is 147 cm³/mol. The Morgan fingerprint density at radius 1 is 0.952 bits per heavy atom. The molecule has 216 valence electrons. The van der Waals surface area contributed by atoms with E-state index in [0.717, 1.165) is 12.1 Å². The number of halogens is 6. The summed E-state index contributed by atoms with van der Waals surface area (Å²) in [5.41, 5.74) is -0.965. The van der Waals surface area contributed by atoms with Crippen LogP contribution in [-0.4, -0.2) is 16.4 Å². The number of fused-ring (bicyclic) bond motifs is 1. The summed E-state index contributed by atoms with van der Waals surface area (Å²) in [4.78, 5) is 38.7. The largest absolute Gasteiger partial charge is 0.416 e. The molecule has 1 aromatic heterocycles. The fourth-order valence-electron chi connectivity index (χ4n) is 4.83. The Hall–Kier alpha value is -4.51. The molecule has 0 radical (unpaired) electrons. The topological polar surface area (TPSA) is 80.2 Å². The first-order valence-corrected chi connectivity index (χ1v) is 13.0. The average Bonchev–Trinajstić information content (AvgIpc) is 3.25. The highest BCUT2D eigenvalue weighted by atomic mass is 35.5. The smallest absolute Gasteiger partial charge is 0.341 e. The maximum absolute atomic E-state index is 14.2. The molecule has 3 aromatic carbocycles. The summed E-state index contributed by atoms with van der Waals surface area (Å²) in [6.07, 6.45) is -3.34. The number of nitrogens with zero attached hydrogens (tertiary/aromatic N) is 1. The van der Waals surface area contributed by atoms with Gasteiger partial charge >= 0.3 is 6.18 Å². The zero-order valence-corrected chi connectivity index (χ0v) is 22.7. The number of aromatic nitrogens is 1. The van der Waals surface area contributed by atoms with Crippen LogP contribution in [0, 0.1) is 11.6 Å². The molecule has 0 spiro atoms. The molecule has 0 fully saturated rings. The Kier molecular flexibility index (Phi) is 7.40. The molecule has 0 aliphatic carbocycles. The lowest BCUT2D eigenvalue weighted by atomic mass is 9.93. The van der Waals surface area contributed by atoms with Gasteiger partial charge in [0.15, 0.2) is 0 Å².